The molecule has 3 N–H and O–H groups in total. The Morgan fingerprint density at radius 2 is 2.07 bits per heavy atom. The molecule has 0 aromatic carbocycles. The van der Waals surface area contributed by atoms with Crippen molar-refractivity contribution in [3.63, 3.8) is 0 Å². The van der Waals surface area contributed by atoms with Crippen molar-refractivity contribution < 1.29 is 19.4 Å². The van der Waals surface area contributed by atoms with Gasteiger partial charge in [0.15, 0.2) is 0 Å². The zero-order valence-corrected chi connectivity index (χ0v) is 8.73. The van der Waals surface area contributed by atoms with Crippen LogP contribution in [0.5, 0.6) is 0 Å². The molecule has 1 unspecified atom stereocenters. The van der Waals surface area contributed by atoms with E-state index in [1.807, 2.05) is 13.8 Å². The first kappa shape index (κ1) is 13.4. The van der Waals surface area contributed by atoms with Crippen molar-refractivity contribution in [1.82, 2.24) is 0 Å². The molecule has 0 saturated heterocycles. The van der Waals surface area contributed by atoms with Gasteiger partial charge in [0.25, 0.3) is 0 Å². The average molecular weight is 205 g/mol. The lowest BCUT2D eigenvalue weighted by Crippen LogP contribution is -2.36. The van der Waals surface area contributed by atoms with Gasteiger partial charge in [-0.3, -0.25) is 4.79 Å². The molecule has 0 aliphatic heterocycles. The molecule has 0 aliphatic rings. The number of esters is 1. The van der Waals surface area contributed by atoms with Gasteiger partial charge in [-0.25, -0.2) is 0 Å². The van der Waals surface area contributed by atoms with E-state index in [0.717, 1.165) is 0 Å². The molecule has 84 valence electrons. The summed E-state index contributed by atoms with van der Waals surface area (Å²) in [7, 11) is 0. The van der Waals surface area contributed by atoms with Crippen molar-refractivity contribution in [1.29, 1.82) is 0 Å². The average Bonchev–Trinajstić information content (AvgIpc) is 2.15. The van der Waals surface area contributed by atoms with Crippen molar-refractivity contribution in [2.45, 2.75) is 19.9 Å². The summed E-state index contributed by atoms with van der Waals surface area (Å²) in [6, 6.07) is -0.944. The van der Waals surface area contributed by atoms with Crippen LogP contribution in [0.1, 0.15) is 13.8 Å². The Hall–Kier alpha value is -0.650. The molecule has 0 aliphatic carbocycles. The van der Waals surface area contributed by atoms with Gasteiger partial charge in [-0.1, -0.05) is 13.8 Å². The third-order valence-corrected chi connectivity index (χ3v) is 1.42. The highest BCUT2D eigenvalue weighted by Gasteiger charge is 2.12. The lowest BCUT2D eigenvalue weighted by molar-refractivity contribution is -0.147. The third kappa shape index (κ3) is 6.82. The van der Waals surface area contributed by atoms with Crippen molar-refractivity contribution in [3.8, 4) is 0 Å². The molecule has 0 radical (unpaired) electrons. The number of ether oxygens (including phenoxy) is 2. The molecule has 0 bridgehead atoms. The number of aliphatic hydroxyl groups excluding tert-OH is 1. The van der Waals surface area contributed by atoms with Gasteiger partial charge in [-0.2, -0.15) is 0 Å². The van der Waals surface area contributed by atoms with Gasteiger partial charge in [-0.05, 0) is 5.92 Å². The molecule has 0 fully saturated rings. The number of hydrogen-bond donors (Lipinski definition) is 2. The highest BCUT2D eigenvalue weighted by Crippen LogP contribution is 1.92. The molecule has 5 nitrogen and oxygen atoms in total. The normalized spacial score (nSPS) is 12.9. The molecule has 0 aromatic heterocycles. The van der Waals surface area contributed by atoms with E-state index in [1.54, 1.807) is 0 Å². The van der Waals surface area contributed by atoms with Crippen LogP contribution in [0, 0.1) is 5.92 Å². The first-order valence-electron chi connectivity index (χ1n) is 4.68. The van der Waals surface area contributed by atoms with Gasteiger partial charge < -0.3 is 20.3 Å². The molecule has 0 amide bonds. The Balaban J connectivity index is 3.32. The Labute approximate surface area is 84.2 Å². The Morgan fingerprint density at radius 3 is 2.57 bits per heavy atom. The van der Waals surface area contributed by atoms with E-state index < -0.39 is 18.6 Å². The summed E-state index contributed by atoms with van der Waals surface area (Å²) >= 11 is 0. The summed E-state index contributed by atoms with van der Waals surface area (Å²) in [5.74, 6) is -0.133. The molecule has 0 rings (SSSR count). The lowest BCUT2D eigenvalue weighted by Gasteiger charge is -2.09. The van der Waals surface area contributed by atoms with Gasteiger partial charge in [0, 0.05) is 6.61 Å². The van der Waals surface area contributed by atoms with Gasteiger partial charge >= 0.3 is 5.97 Å². The summed E-state index contributed by atoms with van der Waals surface area (Å²) < 4.78 is 9.91. The van der Waals surface area contributed by atoms with Crippen LogP contribution in [0.15, 0.2) is 0 Å². The maximum Gasteiger partial charge on any atom is 0.325 e. The first-order chi connectivity index (χ1) is 6.57. The van der Waals surface area contributed by atoms with Crippen LogP contribution in [0.2, 0.25) is 0 Å². The standard InChI is InChI=1S/C9H19NO4/c1-7(2)6-13-3-4-14-9(12)8(10)5-11/h7-8,11H,3-6,10H2,1-2H3. The van der Waals surface area contributed by atoms with Crippen LogP contribution in [0.25, 0.3) is 0 Å². The van der Waals surface area contributed by atoms with E-state index in [9.17, 15) is 4.79 Å². The summed E-state index contributed by atoms with van der Waals surface area (Å²) in [6.45, 7) is 4.86. The van der Waals surface area contributed by atoms with E-state index in [2.05, 4.69) is 0 Å². The van der Waals surface area contributed by atoms with Gasteiger partial charge in [-0.15, -0.1) is 0 Å². The van der Waals surface area contributed by atoms with Crippen molar-refractivity contribution >= 4 is 5.97 Å². The number of nitrogens with two attached hydrogens (primary N) is 1. The molecule has 1 atom stereocenters. The first-order valence-corrected chi connectivity index (χ1v) is 4.68. The number of aliphatic hydroxyl groups is 1. The minimum absolute atomic E-state index is 0.180. The maximum atomic E-state index is 10.9. The van der Waals surface area contributed by atoms with Crippen LogP contribution in [0.4, 0.5) is 0 Å². The molecule has 0 heterocycles. The predicted octanol–water partition coefficient (Wildman–Crippen LogP) is -0.478. The highest BCUT2D eigenvalue weighted by atomic mass is 16.6. The molecule has 0 spiro atoms. The lowest BCUT2D eigenvalue weighted by atomic mass is 10.2. The highest BCUT2D eigenvalue weighted by molar-refractivity contribution is 5.75. The third-order valence-electron chi connectivity index (χ3n) is 1.42. The van der Waals surface area contributed by atoms with Gasteiger partial charge in [0.2, 0.25) is 0 Å². The summed E-state index contributed by atoms with van der Waals surface area (Å²) in [4.78, 5) is 10.9. The van der Waals surface area contributed by atoms with Crippen LogP contribution < -0.4 is 5.73 Å². The van der Waals surface area contributed by atoms with E-state index >= 15 is 0 Å². The molecule has 0 saturated carbocycles. The summed E-state index contributed by atoms with van der Waals surface area (Å²) in [6.07, 6.45) is 0. The number of carbonyl (C=O) groups excluding carboxylic acids is 1. The Bertz CT molecular complexity index is 161. The van der Waals surface area contributed by atoms with Crippen LogP contribution in [-0.2, 0) is 14.3 Å². The van der Waals surface area contributed by atoms with Crippen molar-refractivity contribution in [2.75, 3.05) is 26.4 Å². The number of rotatable bonds is 7. The van der Waals surface area contributed by atoms with E-state index in [-0.39, 0.29) is 6.61 Å². The van der Waals surface area contributed by atoms with Crippen molar-refractivity contribution in [3.05, 3.63) is 0 Å². The molecular formula is C9H19NO4. The van der Waals surface area contributed by atoms with E-state index in [1.165, 1.54) is 0 Å². The number of hydrogen-bond acceptors (Lipinski definition) is 5. The molecule has 5 heteroatoms. The van der Waals surface area contributed by atoms with Gasteiger partial charge in [0.05, 0.1) is 13.2 Å². The smallest absolute Gasteiger partial charge is 0.325 e. The fraction of sp³-hybridized carbons (Fsp3) is 0.889. The topological polar surface area (TPSA) is 81.8 Å². The molecule has 0 aromatic rings. The fourth-order valence-corrected chi connectivity index (χ4v) is 0.702. The maximum absolute atomic E-state index is 10.9. The Kier molecular flexibility index (Phi) is 7.37. The zero-order chi connectivity index (χ0) is 11.0. The quantitative estimate of drug-likeness (QED) is 0.433. The molecular weight excluding hydrogens is 186 g/mol. The number of carbonyl (C=O) groups is 1. The van der Waals surface area contributed by atoms with Gasteiger partial charge in [0.1, 0.15) is 12.6 Å². The summed E-state index contributed by atoms with van der Waals surface area (Å²) in [5, 5.41) is 8.52. The van der Waals surface area contributed by atoms with Crippen LogP contribution >= 0.6 is 0 Å². The summed E-state index contributed by atoms with van der Waals surface area (Å²) in [5.41, 5.74) is 5.21. The van der Waals surface area contributed by atoms with Crippen molar-refractivity contribution in [2.24, 2.45) is 11.7 Å². The SMILES string of the molecule is CC(C)COCCOC(=O)C(N)CO. The Morgan fingerprint density at radius 1 is 1.43 bits per heavy atom. The molecule has 14 heavy (non-hydrogen) atoms. The minimum atomic E-state index is -0.944. The largest absolute Gasteiger partial charge is 0.462 e. The van der Waals surface area contributed by atoms with E-state index in [0.29, 0.717) is 19.1 Å². The van der Waals surface area contributed by atoms with E-state index in [4.69, 9.17) is 20.3 Å². The fourth-order valence-electron chi connectivity index (χ4n) is 0.702. The van der Waals surface area contributed by atoms with Crippen LogP contribution in [0.3, 0.4) is 0 Å². The minimum Gasteiger partial charge on any atom is -0.462 e. The second-order valence-electron chi connectivity index (χ2n) is 3.43. The second-order valence-corrected chi connectivity index (χ2v) is 3.43. The second kappa shape index (κ2) is 7.73. The predicted molar refractivity (Wildman–Crippen MR) is 51.7 cm³/mol. The van der Waals surface area contributed by atoms with Crippen LogP contribution in [-0.4, -0.2) is 43.5 Å². The zero-order valence-electron chi connectivity index (χ0n) is 8.73. The monoisotopic (exact) mass is 205 g/mol.